The molecule has 1 amide bonds. The van der Waals surface area contributed by atoms with Crippen LogP contribution in [0.15, 0.2) is 23.2 Å². The number of sulfonamides is 1. The average molecular weight is 549 g/mol. The molecule has 2 saturated carbocycles. The molecule has 2 saturated heterocycles. The Morgan fingerprint density at radius 1 is 1.11 bits per heavy atom. The maximum absolute atomic E-state index is 13.5. The van der Waals surface area contributed by atoms with Crippen LogP contribution in [0.4, 0.5) is 5.69 Å². The predicted molar refractivity (Wildman–Crippen MR) is 145 cm³/mol. The van der Waals surface area contributed by atoms with E-state index < -0.39 is 10.0 Å². The van der Waals surface area contributed by atoms with E-state index in [1.165, 1.54) is 12.8 Å². The van der Waals surface area contributed by atoms with Crippen molar-refractivity contribution in [2.24, 2.45) is 0 Å². The summed E-state index contributed by atoms with van der Waals surface area (Å²) in [4.78, 5) is 19.2. The van der Waals surface area contributed by atoms with E-state index >= 15 is 0 Å². The largest absolute Gasteiger partial charge is 0.368 e. The van der Waals surface area contributed by atoms with Gasteiger partial charge in [0.15, 0.2) is 0 Å². The fraction of sp³-hybridized carbons (Fsp3) is 0.692. The number of anilines is 1. The van der Waals surface area contributed by atoms with Crippen molar-refractivity contribution in [3.63, 3.8) is 0 Å². The van der Waals surface area contributed by atoms with Gasteiger partial charge in [-0.05, 0) is 65.0 Å². The second kappa shape index (κ2) is 9.10. The molecule has 2 aliphatic carbocycles. The second-order valence-electron chi connectivity index (χ2n) is 11.8. The Morgan fingerprint density at radius 2 is 1.81 bits per heavy atom. The molecule has 1 aromatic carbocycles. The van der Waals surface area contributed by atoms with Gasteiger partial charge in [0, 0.05) is 60.9 Å². The predicted octanol–water partition coefficient (Wildman–Crippen LogP) is 2.94. The Balaban J connectivity index is 1.40. The third kappa shape index (κ3) is 4.75. The number of hydrogen-bond acceptors (Lipinski definition) is 6. The highest BCUT2D eigenvalue weighted by Gasteiger charge is 2.42. The Bertz CT molecular complexity index is 1310. The highest BCUT2D eigenvalue weighted by molar-refractivity contribution is 7.89. The highest BCUT2D eigenvalue weighted by atomic mass is 35.5. The standard InChI is InChI=1S/C26H37ClN6O3S/c1-17-14-31(15-18(2)32(17)19-4-5-19)23-10-21(37(35,36)29-26(3)7-8-26)11-24-22(23)13-28-33(24)20-6-9-30(16-20)25(34)12-27/h10-11,13,17-20,29H,4-9,12,14-16H2,1-3H3/t17-,18+,20?. The topological polar surface area (TPSA) is 90.8 Å². The molecule has 6 rings (SSSR count). The van der Waals surface area contributed by atoms with Gasteiger partial charge < -0.3 is 9.80 Å². The fourth-order valence-corrected chi connectivity index (χ4v) is 8.03. The second-order valence-corrected chi connectivity index (χ2v) is 13.8. The number of alkyl halides is 1. The number of nitrogens with one attached hydrogen (secondary N) is 1. The zero-order chi connectivity index (χ0) is 26.1. The van der Waals surface area contributed by atoms with Gasteiger partial charge in [-0.15, -0.1) is 11.6 Å². The van der Waals surface area contributed by atoms with Crippen LogP contribution in [0.2, 0.25) is 0 Å². The number of amides is 1. The van der Waals surface area contributed by atoms with E-state index in [1.807, 2.05) is 23.9 Å². The molecule has 37 heavy (non-hydrogen) atoms. The molecule has 0 bridgehead atoms. The molecule has 9 nitrogen and oxygen atoms in total. The van der Waals surface area contributed by atoms with Crippen LogP contribution in [-0.2, 0) is 14.8 Å². The molecule has 3 heterocycles. The molecular weight excluding hydrogens is 512 g/mol. The molecule has 11 heteroatoms. The van der Waals surface area contributed by atoms with Gasteiger partial charge in [-0.1, -0.05) is 0 Å². The molecule has 2 aliphatic heterocycles. The summed E-state index contributed by atoms with van der Waals surface area (Å²) in [6.45, 7) is 9.35. The lowest BCUT2D eigenvalue weighted by molar-refractivity contribution is -0.127. The van der Waals surface area contributed by atoms with Crippen molar-refractivity contribution in [3.8, 4) is 0 Å². The Labute approximate surface area is 224 Å². The first-order valence-electron chi connectivity index (χ1n) is 13.5. The smallest absolute Gasteiger partial charge is 0.241 e. The molecule has 2 aromatic rings. The molecule has 1 unspecified atom stereocenters. The first-order valence-corrected chi connectivity index (χ1v) is 15.5. The number of carbonyl (C=O) groups excluding carboxylic acids is 1. The lowest BCUT2D eigenvalue weighted by Gasteiger charge is -2.46. The summed E-state index contributed by atoms with van der Waals surface area (Å²) in [7, 11) is -3.71. The molecule has 1 aromatic heterocycles. The minimum atomic E-state index is -3.71. The van der Waals surface area contributed by atoms with Gasteiger partial charge >= 0.3 is 0 Å². The van der Waals surface area contributed by atoms with Gasteiger partial charge in [0.1, 0.15) is 5.88 Å². The molecule has 0 spiro atoms. The number of nitrogens with zero attached hydrogens (tertiary/aromatic N) is 5. The number of rotatable bonds is 7. The summed E-state index contributed by atoms with van der Waals surface area (Å²) < 4.78 is 31.9. The highest BCUT2D eigenvalue weighted by Crippen LogP contribution is 2.40. The van der Waals surface area contributed by atoms with Crippen LogP contribution in [-0.4, -0.2) is 89.6 Å². The summed E-state index contributed by atoms with van der Waals surface area (Å²) in [5.74, 6) is -0.116. The molecule has 0 radical (unpaired) electrons. The van der Waals surface area contributed by atoms with Crippen molar-refractivity contribution >= 4 is 44.1 Å². The van der Waals surface area contributed by atoms with Crippen LogP contribution in [0.3, 0.4) is 0 Å². The summed E-state index contributed by atoms with van der Waals surface area (Å²) in [6, 6.07) is 5.04. The van der Waals surface area contributed by atoms with Crippen LogP contribution in [0.5, 0.6) is 0 Å². The van der Waals surface area contributed by atoms with E-state index in [2.05, 4.69) is 28.4 Å². The van der Waals surface area contributed by atoms with E-state index in [4.69, 9.17) is 16.7 Å². The normalized spacial score (nSPS) is 28.3. The number of carbonyl (C=O) groups is 1. The lowest BCUT2D eigenvalue weighted by Crippen LogP contribution is -2.57. The number of benzene rings is 1. The van der Waals surface area contributed by atoms with Crippen molar-refractivity contribution in [3.05, 3.63) is 18.3 Å². The van der Waals surface area contributed by atoms with Crippen molar-refractivity contribution < 1.29 is 13.2 Å². The number of likely N-dealkylation sites (tertiary alicyclic amines) is 1. The SMILES string of the molecule is C[C@@H]1CN(c2cc(S(=O)(=O)NC3(C)CC3)cc3c2cnn3C2CCN(C(=O)CCl)C2)C[C@H](C)N1C1CC1. The van der Waals surface area contributed by atoms with Crippen LogP contribution >= 0.6 is 11.6 Å². The number of hydrogen-bond donors (Lipinski definition) is 1. The molecule has 202 valence electrons. The molecule has 4 fully saturated rings. The zero-order valence-corrected chi connectivity index (χ0v) is 23.4. The van der Waals surface area contributed by atoms with Gasteiger partial charge in [-0.3, -0.25) is 14.4 Å². The summed E-state index contributed by atoms with van der Waals surface area (Å²) in [5, 5.41) is 5.70. The summed E-state index contributed by atoms with van der Waals surface area (Å²) in [5.41, 5.74) is 1.36. The van der Waals surface area contributed by atoms with Gasteiger partial charge in [-0.2, -0.15) is 5.10 Å². The minimum absolute atomic E-state index is 0.0195. The van der Waals surface area contributed by atoms with Crippen LogP contribution in [0, 0.1) is 0 Å². The number of aromatic nitrogens is 2. The fourth-order valence-electron chi connectivity index (χ4n) is 6.36. The Morgan fingerprint density at radius 3 is 2.43 bits per heavy atom. The maximum atomic E-state index is 13.5. The van der Waals surface area contributed by atoms with Gasteiger partial charge in [0.05, 0.1) is 22.7 Å². The Hall–Kier alpha value is -1.88. The quantitative estimate of drug-likeness (QED) is 0.535. The van der Waals surface area contributed by atoms with E-state index in [0.29, 0.717) is 31.2 Å². The minimum Gasteiger partial charge on any atom is -0.368 e. The first kappa shape index (κ1) is 25.4. The molecular formula is C26H37ClN6O3S. The molecule has 4 aliphatic rings. The summed E-state index contributed by atoms with van der Waals surface area (Å²) in [6.07, 6.45) is 6.87. The van der Waals surface area contributed by atoms with E-state index in [-0.39, 0.29) is 28.3 Å². The van der Waals surface area contributed by atoms with E-state index in [1.54, 1.807) is 11.0 Å². The van der Waals surface area contributed by atoms with E-state index in [0.717, 1.165) is 48.9 Å². The summed E-state index contributed by atoms with van der Waals surface area (Å²) >= 11 is 5.80. The third-order valence-corrected chi connectivity index (χ3v) is 10.5. The van der Waals surface area contributed by atoms with Gasteiger partial charge in [-0.25, -0.2) is 13.1 Å². The van der Waals surface area contributed by atoms with Crippen LogP contribution in [0.25, 0.3) is 10.9 Å². The van der Waals surface area contributed by atoms with Crippen LogP contribution in [0.1, 0.15) is 58.9 Å². The first-order chi connectivity index (χ1) is 17.6. The number of fused-ring (bicyclic) bond motifs is 1. The lowest BCUT2D eigenvalue weighted by atomic mass is 10.1. The molecule has 3 atom stereocenters. The average Bonchev–Trinajstić information content (AvgIpc) is 3.70. The number of piperazine rings is 1. The van der Waals surface area contributed by atoms with Crippen molar-refractivity contribution in [1.82, 2.24) is 24.3 Å². The van der Waals surface area contributed by atoms with Crippen molar-refractivity contribution in [2.75, 3.05) is 37.0 Å². The maximum Gasteiger partial charge on any atom is 0.241 e. The number of halogens is 1. The Kier molecular flexibility index (Phi) is 6.25. The van der Waals surface area contributed by atoms with Crippen LogP contribution < -0.4 is 9.62 Å². The third-order valence-electron chi connectivity index (χ3n) is 8.63. The van der Waals surface area contributed by atoms with Crippen molar-refractivity contribution in [1.29, 1.82) is 0 Å². The van der Waals surface area contributed by atoms with Gasteiger partial charge in [0.2, 0.25) is 15.9 Å². The monoisotopic (exact) mass is 548 g/mol. The zero-order valence-electron chi connectivity index (χ0n) is 21.9. The van der Waals surface area contributed by atoms with Crippen molar-refractivity contribution in [2.45, 2.75) is 87.5 Å². The van der Waals surface area contributed by atoms with E-state index in [9.17, 15) is 13.2 Å². The van der Waals surface area contributed by atoms with Gasteiger partial charge in [0.25, 0.3) is 0 Å². The molecule has 1 N–H and O–H groups in total.